The molecule has 2 heterocycles. The van der Waals surface area contributed by atoms with Crippen molar-refractivity contribution in [1.29, 1.82) is 0 Å². The van der Waals surface area contributed by atoms with Crippen LogP contribution in [0.4, 0.5) is 0 Å². The first-order chi connectivity index (χ1) is 5.77. The van der Waals surface area contributed by atoms with E-state index in [2.05, 4.69) is 4.98 Å². The molecular formula is C9H13ClN2O. The van der Waals surface area contributed by atoms with E-state index in [0.29, 0.717) is 12.5 Å². The first-order valence-electron chi connectivity index (χ1n) is 4.12. The molecule has 0 spiro atoms. The zero-order chi connectivity index (χ0) is 8.55. The van der Waals surface area contributed by atoms with Gasteiger partial charge in [-0.25, -0.2) is 4.98 Å². The third kappa shape index (κ3) is 1.92. The number of pyridine rings is 1. The summed E-state index contributed by atoms with van der Waals surface area (Å²) in [7, 11) is 0. The van der Waals surface area contributed by atoms with Gasteiger partial charge in [-0.3, -0.25) is 0 Å². The minimum Gasteiger partial charge on any atom is -0.477 e. The molecule has 2 rings (SSSR count). The summed E-state index contributed by atoms with van der Waals surface area (Å²) in [6.45, 7) is 2.69. The van der Waals surface area contributed by atoms with Gasteiger partial charge < -0.3 is 10.5 Å². The summed E-state index contributed by atoms with van der Waals surface area (Å²) in [5.41, 5.74) is 8.07. The summed E-state index contributed by atoms with van der Waals surface area (Å²) in [5, 5.41) is 0. The third-order valence-corrected chi connectivity index (χ3v) is 2.08. The summed E-state index contributed by atoms with van der Waals surface area (Å²) in [6, 6.07) is 2.15. The Morgan fingerprint density at radius 1 is 1.62 bits per heavy atom. The Kier molecular flexibility index (Phi) is 3.12. The molecule has 0 fully saturated rings. The molecule has 3 nitrogen and oxygen atoms in total. The first-order valence-corrected chi connectivity index (χ1v) is 4.12. The summed E-state index contributed by atoms with van der Waals surface area (Å²) < 4.78 is 5.36. The molecule has 1 aromatic heterocycles. The minimum atomic E-state index is 0. The first kappa shape index (κ1) is 10.3. The number of halogens is 1. The van der Waals surface area contributed by atoms with Crippen LogP contribution in [0.1, 0.15) is 23.6 Å². The molecule has 0 radical (unpaired) electrons. The standard InChI is InChI=1S/C9H12N2O.ClH/c1-6-4-7-8(10)2-3-12-9(7)11-5-6;/h4-5,8H,2-3,10H2,1H3;1H. The van der Waals surface area contributed by atoms with Crippen molar-refractivity contribution in [2.45, 2.75) is 19.4 Å². The topological polar surface area (TPSA) is 48.1 Å². The number of rotatable bonds is 0. The van der Waals surface area contributed by atoms with Gasteiger partial charge in [0.2, 0.25) is 5.88 Å². The van der Waals surface area contributed by atoms with Crippen LogP contribution in [0.15, 0.2) is 12.3 Å². The predicted octanol–water partition coefficient (Wildman–Crippen LogP) is 1.59. The Balaban J connectivity index is 0.000000845. The second kappa shape index (κ2) is 3.94. The highest BCUT2D eigenvalue weighted by Crippen LogP contribution is 2.28. The van der Waals surface area contributed by atoms with Crippen LogP contribution in [0.3, 0.4) is 0 Å². The van der Waals surface area contributed by atoms with Crippen molar-refractivity contribution in [3.63, 3.8) is 0 Å². The SMILES string of the molecule is Cc1cnc2c(c1)C(N)CCO2.Cl. The van der Waals surface area contributed by atoms with E-state index >= 15 is 0 Å². The monoisotopic (exact) mass is 200 g/mol. The average molecular weight is 201 g/mol. The average Bonchev–Trinajstić information content (AvgIpc) is 2.07. The Hall–Kier alpha value is -0.800. The van der Waals surface area contributed by atoms with Gasteiger partial charge in [-0.15, -0.1) is 12.4 Å². The van der Waals surface area contributed by atoms with Crippen LogP contribution in [0, 0.1) is 6.92 Å². The number of aryl methyl sites for hydroxylation is 1. The second-order valence-electron chi connectivity index (χ2n) is 3.15. The zero-order valence-electron chi connectivity index (χ0n) is 7.49. The maximum atomic E-state index is 5.90. The van der Waals surface area contributed by atoms with Gasteiger partial charge in [0.15, 0.2) is 0 Å². The molecule has 0 saturated heterocycles. The fourth-order valence-electron chi connectivity index (χ4n) is 1.40. The molecule has 0 aliphatic carbocycles. The maximum absolute atomic E-state index is 5.90. The summed E-state index contributed by atoms with van der Waals surface area (Å²) >= 11 is 0. The molecule has 0 aromatic carbocycles. The van der Waals surface area contributed by atoms with Gasteiger partial charge in [0, 0.05) is 24.2 Å². The molecule has 2 N–H and O–H groups in total. The summed E-state index contributed by atoms with van der Waals surface area (Å²) in [4.78, 5) is 4.17. The number of hydrogen-bond acceptors (Lipinski definition) is 3. The van der Waals surface area contributed by atoms with Crippen LogP contribution in [0.5, 0.6) is 5.88 Å². The lowest BCUT2D eigenvalue weighted by atomic mass is 10.0. The van der Waals surface area contributed by atoms with Gasteiger partial charge in [-0.2, -0.15) is 0 Å². The Morgan fingerprint density at radius 3 is 3.15 bits per heavy atom. The molecule has 1 aliphatic rings. The molecule has 72 valence electrons. The normalized spacial score (nSPS) is 19.7. The fraction of sp³-hybridized carbons (Fsp3) is 0.444. The number of hydrogen-bond donors (Lipinski definition) is 1. The minimum absolute atomic E-state index is 0. The lowest BCUT2D eigenvalue weighted by Gasteiger charge is -2.21. The quantitative estimate of drug-likeness (QED) is 0.692. The number of nitrogens with zero attached hydrogens (tertiary/aromatic N) is 1. The number of ether oxygens (including phenoxy) is 1. The number of fused-ring (bicyclic) bond motifs is 1. The molecule has 1 aromatic rings. The van der Waals surface area contributed by atoms with E-state index in [1.165, 1.54) is 0 Å². The van der Waals surface area contributed by atoms with E-state index in [1.807, 2.05) is 13.0 Å². The van der Waals surface area contributed by atoms with Crippen LogP contribution in [-0.4, -0.2) is 11.6 Å². The summed E-state index contributed by atoms with van der Waals surface area (Å²) in [5.74, 6) is 0.708. The Labute approximate surface area is 83.7 Å². The molecule has 1 aliphatic heterocycles. The highest BCUT2D eigenvalue weighted by atomic mass is 35.5. The summed E-state index contributed by atoms with van der Waals surface area (Å²) in [6.07, 6.45) is 2.69. The molecular weight excluding hydrogens is 188 g/mol. The largest absolute Gasteiger partial charge is 0.477 e. The molecule has 13 heavy (non-hydrogen) atoms. The van der Waals surface area contributed by atoms with E-state index < -0.39 is 0 Å². The molecule has 0 saturated carbocycles. The molecule has 0 bridgehead atoms. The fourth-order valence-corrected chi connectivity index (χ4v) is 1.40. The van der Waals surface area contributed by atoms with Crippen LogP contribution in [0.25, 0.3) is 0 Å². The maximum Gasteiger partial charge on any atom is 0.218 e. The van der Waals surface area contributed by atoms with Crippen molar-refractivity contribution in [3.8, 4) is 5.88 Å². The number of aromatic nitrogens is 1. The Bertz CT molecular complexity index is 304. The van der Waals surface area contributed by atoms with E-state index in [-0.39, 0.29) is 18.4 Å². The van der Waals surface area contributed by atoms with E-state index in [1.54, 1.807) is 6.20 Å². The molecule has 4 heteroatoms. The third-order valence-electron chi connectivity index (χ3n) is 2.08. The lowest BCUT2D eigenvalue weighted by Crippen LogP contribution is -2.21. The van der Waals surface area contributed by atoms with E-state index in [0.717, 1.165) is 17.5 Å². The zero-order valence-corrected chi connectivity index (χ0v) is 8.30. The predicted molar refractivity (Wildman–Crippen MR) is 53.3 cm³/mol. The van der Waals surface area contributed by atoms with Crippen molar-refractivity contribution in [3.05, 3.63) is 23.4 Å². The highest BCUT2D eigenvalue weighted by Gasteiger charge is 2.18. The van der Waals surface area contributed by atoms with Crippen LogP contribution >= 0.6 is 12.4 Å². The van der Waals surface area contributed by atoms with Crippen molar-refractivity contribution < 1.29 is 4.74 Å². The molecule has 1 unspecified atom stereocenters. The van der Waals surface area contributed by atoms with Gasteiger partial charge in [0.05, 0.1) is 6.61 Å². The van der Waals surface area contributed by atoms with Gasteiger partial charge in [0.1, 0.15) is 0 Å². The van der Waals surface area contributed by atoms with Gasteiger partial charge >= 0.3 is 0 Å². The Morgan fingerprint density at radius 2 is 2.38 bits per heavy atom. The lowest BCUT2D eigenvalue weighted by molar-refractivity contribution is 0.257. The highest BCUT2D eigenvalue weighted by molar-refractivity contribution is 5.85. The number of nitrogens with two attached hydrogens (primary N) is 1. The van der Waals surface area contributed by atoms with E-state index in [4.69, 9.17) is 10.5 Å². The molecule has 0 amide bonds. The van der Waals surface area contributed by atoms with Crippen LogP contribution in [0.2, 0.25) is 0 Å². The van der Waals surface area contributed by atoms with E-state index in [9.17, 15) is 0 Å². The molecule has 1 atom stereocenters. The smallest absolute Gasteiger partial charge is 0.218 e. The van der Waals surface area contributed by atoms with Gasteiger partial charge in [-0.1, -0.05) is 0 Å². The van der Waals surface area contributed by atoms with Crippen molar-refractivity contribution >= 4 is 12.4 Å². The van der Waals surface area contributed by atoms with Crippen molar-refractivity contribution in [2.24, 2.45) is 5.73 Å². The van der Waals surface area contributed by atoms with Crippen molar-refractivity contribution in [1.82, 2.24) is 4.98 Å². The van der Waals surface area contributed by atoms with Crippen LogP contribution in [-0.2, 0) is 0 Å². The van der Waals surface area contributed by atoms with Crippen molar-refractivity contribution in [2.75, 3.05) is 6.61 Å². The van der Waals surface area contributed by atoms with Gasteiger partial charge in [0.25, 0.3) is 0 Å². The van der Waals surface area contributed by atoms with Crippen LogP contribution < -0.4 is 10.5 Å². The van der Waals surface area contributed by atoms with Gasteiger partial charge in [-0.05, 0) is 18.6 Å². The second-order valence-corrected chi connectivity index (χ2v) is 3.15.